The number of rotatable bonds is 5. The first-order valence-corrected chi connectivity index (χ1v) is 10.5. The molecule has 0 radical (unpaired) electrons. The number of anilines is 1. The van der Waals surface area contributed by atoms with Crippen molar-refractivity contribution in [3.8, 4) is 5.69 Å². The molecule has 2 heterocycles. The van der Waals surface area contributed by atoms with Crippen molar-refractivity contribution >= 4 is 50.4 Å². The van der Waals surface area contributed by atoms with Gasteiger partial charge in [-0.05, 0) is 37.3 Å². The molecule has 1 N–H and O–H groups in total. The molecule has 2 aromatic heterocycles. The summed E-state index contributed by atoms with van der Waals surface area (Å²) in [4.78, 5) is 50.8. The topological polar surface area (TPSA) is 116 Å². The Morgan fingerprint density at radius 3 is 2.62 bits per heavy atom. The van der Waals surface area contributed by atoms with E-state index in [0.717, 1.165) is 9.44 Å². The minimum Gasteiger partial charge on any atom is -0.319 e. The monoisotopic (exact) mass is 470 g/mol. The Balaban J connectivity index is 1.83. The smallest absolute Gasteiger partial charge is 0.319 e. The van der Waals surface area contributed by atoms with Gasteiger partial charge in [-0.25, -0.2) is 9.36 Å². The van der Waals surface area contributed by atoms with Crippen molar-refractivity contribution < 1.29 is 9.72 Å². The minimum atomic E-state index is -0.718. The SMILES string of the molecule is Cc1cc2c(=O)n(-c3cccc(Cl)c3)c(=O)n(CC(=O)Nc3ccccc3[N+](=O)[O-])c2s1. The number of hydrogen-bond donors (Lipinski definition) is 1. The molecule has 32 heavy (non-hydrogen) atoms. The lowest BCUT2D eigenvalue weighted by atomic mass is 10.2. The number of carbonyl (C=O) groups excluding carboxylic acids is 1. The van der Waals surface area contributed by atoms with Gasteiger partial charge in [-0.2, -0.15) is 0 Å². The first-order chi connectivity index (χ1) is 15.3. The summed E-state index contributed by atoms with van der Waals surface area (Å²) in [6.45, 7) is 1.35. The molecule has 0 saturated heterocycles. The lowest BCUT2D eigenvalue weighted by Crippen LogP contribution is -2.40. The fraction of sp³-hybridized carbons (Fsp3) is 0.0952. The number of halogens is 1. The van der Waals surface area contributed by atoms with Gasteiger partial charge in [0.1, 0.15) is 17.1 Å². The molecule has 0 atom stereocenters. The number of nitrogens with one attached hydrogen (secondary N) is 1. The second kappa shape index (κ2) is 8.40. The number of aryl methyl sites for hydroxylation is 1. The van der Waals surface area contributed by atoms with Crippen LogP contribution in [0.15, 0.2) is 64.2 Å². The second-order valence-electron chi connectivity index (χ2n) is 6.89. The van der Waals surface area contributed by atoms with Gasteiger partial charge in [-0.3, -0.25) is 24.3 Å². The van der Waals surface area contributed by atoms with Gasteiger partial charge >= 0.3 is 5.69 Å². The van der Waals surface area contributed by atoms with Crippen LogP contribution in [0.1, 0.15) is 4.88 Å². The molecule has 9 nitrogen and oxygen atoms in total. The summed E-state index contributed by atoms with van der Waals surface area (Å²) in [5, 5.41) is 14.3. The van der Waals surface area contributed by atoms with Crippen LogP contribution in [0.3, 0.4) is 0 Å². The van der Waals surface area contributed by atoms with Crippen LogP contribution in [0.5, 0.6) is 0 Å². The van der Waals surface area contributed by atoms with Gasteiger partial charge in [0.25, 0.3) is 11.2 Å². The minimum absolute atomic E-state index is 0.0114. The van der Waals surface area contributed by atoms with Gasteiger partial charge in [0, 0.05) is 16.0 Å². The third kappa shape index (κ3) is 3.93. The fourth-order valence-electron chi connectivity index (χ4n) is 3.32. The molecule has 0 spiro atoms. The van der Waals surface area contributed by atoms with E-state index in [1.165, 1.54) is 40.2 Å². The predicted octanol–water partition coefficient (Wildman–Crippen LogP) is 3.72. The Morgan fingerprint density at radius 2 is 1.91 bits per heavy atom. The third-order valence-corrected chi connectivity index (χ3v) is 5.99. The molecule has 0 fully saturated rings. The normalized spacial score (nSPS) is 10.9. The van der Waals surface area contributed by atoms with Crippen LogP contribution in [0.4, 0.5) is 11.4 Å². The summed E-state index contributed by atoms with van der Waals surface area (Å²) in [7, 11) is 0. The predicted molar refractivity (Wildman–Crippen MR) is 123 cm³/mol. The van der Waals surface area contributed by atoms with Gasteiger partial charge in [-0.1, -0.05) is 29.8 Å². The zero-order chi connectivity index (χ0) is 23.0. The maximum atomic E-state index is 13.3. The summed E-state index contributed by atoms with van der Waals surface area (Å²) in [5.41, 5.74) is -1.23. The number of hydrogen-bond acceptors (Lipinski definition) is 6. The summed E-state index contributed by atoms with van der Waals surface area (Å²) >= 11 is 7.24. The van der Waals surface area contributed by atoms with Crippen molar-refractivity contribution in [2.75, 3.05) is 5.32 Å². The Kier molecular flexibility index (Phi) is 5.64. The molecule has 11 heteroatoms. The van der Waals surface area contributed by atoms with Gasteiger partial charge in [0.05, 0.1) is 16.0 Å². The van der Waals surface area contributed by atoms with E-state index < -0.39 is 28.6 Å². The van der Waals surface area contributed by atoms with Crippen LogP contribution in [0.25, 0.3) is 15.9 Å². The van der Waals surface area contributed by atoms with Gasteiger partial charge < -0.3 is 5.32 Å². The van der Waals surface area contributed by atoms with E-state index in [2.05, 4.69) is 5.32 Å². The van der Waals surface area contributed by atoms with Gasteiger partial charge in [0.2, 0.25) is 5.91 Å². The van der Waals surface area contributed by atoms with Crippen LogP contribution in [0.2, 0.25) is 5.02 Å². The van der Waals surface area contributed by atoms with Crippen molar-refractivity contribution in [3.05, 3.63) is 95.4 Å². The van der Waals surface area contributed by atoms with E-state index in [0.29, 0.717) is 9.85 Å². The first kappa shape index (κ1) is 21.5. The quantitative estimate of drug-likeness (QED) is 0.352. The molecule has 0 aliphatic carbocycles. The lowest BCUT2D eigenvalue weighted by Gasteiger charge is -2.12. The highest BCUT2D eigenvalue weighted by Gasteiger charge is 2.20. The summed E-state index contributed by atoms with van der Waals surface area (Å²) in [5.74, 6) is -0.648. The molecule has 0 aliphatic heterocycles. The van der Waals surface area contributed by atoms with E-state index in [1.54, 1.807) is 37.3 Å². The highest BCUT2D eigenvalue weighted by atomic mass is 35.5. The zero-order valence-corrected chi connectivity index (χ0v) is 18.1. The van der Waals surface area contributed by atoms with E-state index in [-0.39, 0.29) is 22.4 Å². The number of amides is 1. The molecular weight excluding hydrogens is 456 g/mol. The van der Waals surface area contributed by atoms with Crippen molar-refractivity contribution in [1.82, 2.24) is 9.13 Å². The average molecular weight is 471 g/mol. The van der Waals surface area contributed by atoms with Gasteiger partial charge in [0.15, 0.2) is 0 Å². The number of fused-ring (bicyclic) bond motifs is 1. The number of nitro groups is 1. The molecule has 162 valence electrons. The number of aromatic nitrogens is 2. The van der Waals surface area contributed by atoms with Crippen LogP contribution >= 0.6 is 22.9 Å². The first-order valence-electron chi connectivity index (χ1n) is 9.31. The Bertz CT molecular complexity index is 1500. The van der Waals surface area contributed by atoms with Crippen LogP contribution < -0.4 is 16.6 Å². The standard InChI is InChI=1S/C21H15ClN4O5S/c1-12-9-15-19(28)25(14-6-4-5-13(22)10-14)21(29)24(20(15)32-12)11-18(27)23-16-7-2-3-8-17(16)26(30)31/h2-10H,11H2,1H3,(H,23,27). The molecule has 0 bridgehead atoms. The maximum absolute atomic E-state index is 13.3. The second-order valence-corrected chi connectivity index (χ2v) is 8.56. The Labute approximate surface area is 189 Å². The molecule has 0 unspecified atom stereocenters. The highest BCUT2D eigenvalue weighted by Crippen LogP contribution is 2.24. The maximum Gasteiger partial charge on any atom is 0.337 e. The average Bonchev–Trinajstić information content (AvgIpc) is 3.13. The largest absolute Gasteiger partial charge is 0.337 e. The number of thiophene rings is 1. The zero-order valence-electron chi connectivity index (χ0n) is 16.6. The molecule has 4 aromatic rings. The number of nitrogens with zero attached hydrogens (tertiary/aromatic N) is 3. The summed E-state index contributed by atoms with van der Waals surface area (Å²) in [6.07, 6.45) is 0. The van der Waals surface area contributed by atoms with Gasteiger partial charge in [-0.15, -0.1) is 11.3 Å². The number of para-hydroxylation sites is 2. The Morgan fingerprint density at radius 1 is 1.16 bits per heavy atom. The molecule has 2 aromatic carbocycles. The highest BCUT2D eigenvalue weighted by molar-refractivity contribution is 7.18. The molecule has 0 aliphatic rings. The van der Waals surface area contributed by atoms with Crippen LogP contribution in [0, 0.1) is 17.0 Å². The summed E-state index contributed by atoms with van der Waals surface area (Å²) in [6, 6.07) is 13.6. The van der Waals surface area contributed by atoms with Crippen molar-refractivity contribution in [1.29, 1.82) is 0 Å². The number of nitro benzene ring substituents is 1. The molecular formula is C21H15ClN4O5S. The molecule has 0 saturated carbocycles. The van der Waals surface area contributed by atoms with Crippen LogP contribution in [-0.4, -0.2) is 20.0 Å². The van der Waals surface area contributed by atoms with E-state index in [4.69, 9.17) is 11.6 Å². The van der Waals surface area contributed by atoms with Crippen molar-refractivity contribution in [2.24, 2.45) is 0 Å². The lowest BCUT2D eigenvalue weighted by molar-refractivity contribution is -0.383. The van der Waals surface area contributed by atoms with Crippen LogP contribution in [-0.2, 0) is 11.3 Å². The van der Waals surface area contributed by atoms with E-state index >= 15 is 0 Å². The van der Waals surface area contributed by atoms with E-state index in [9.17, 15) is 24.5 Å². The number of carbonyl (C=O) groups is 1. The third-order valence-electron chi connectivity index (χ3n) is 4.68. The molecule has 1 amide bonds. The number of benzene rings is 2. The van der Waals surface area contributed by atoms with E-state index in [1.807, 2.05) is 0 Å². The molecule has 4 rings (SSSR count). The fourth-order valence-corrected chi connectivity index (χ4v) is 4.50. The summed E-state index contributed by atoms with van der Waals surface area (Å²) < 4.78 is 2.14. The van der Waals surface area contributed by atoms with Crippen molar-refractivity contribution in [3.63, 3.8) is 0 Å². The Hall–Kier alpha value is -3.76. The van der Waals surface area contributed by atoms with Crippen molar-refractivity contribution in [2.45, 2.75) is 13.5 Å².